The molecule has 1 fully saturated rings. The van der Waals surface area contributed by atoms with Gasteiger partial charge in [0, 0.05) is 19.2 Å². The fourth-order valence-electron chi connectivity index (χ4n) is 2.47. The molecule has 1 aliphatic heterocycles. The third kappa shape index (κ3) is 3.88. The van der Waals surface area contributed by atoms with E-state index >= 15 is 0 Å². The van der Waals surface area contributed by atoms with Crippen molar-refractivity contribution in [3.8, 4) is 11.5 Å². The Labute approximate surface area is 158 Å². The van der Waals surface area contributed by atoms with Gasteiger partial charge in [-0.3, -0.25) is 10.1 Å². The van der Waals surface area contributed by atoms with Crippen LogP contribution in [0.1, 0.15) is 0 Å². The first-order chi connectivity index (χ1) is 12.4. The zero-order chi connectivity index (χ0) is 18.7. The van der Waals surface area contributed by atoms with E-state index in [9.17, 15) is 18.5 Å². The van der Waals surface area contributed by atoms with E-state index in [1.807, 2.05) is 0 Å². The number of nitrogens with zero attached hydrogens (tertiary/aromatic N) is 2. The van der Waals surface area contributed by atoms with Crippen LogP contribution in [-0.2, 0) is 14.8 Å². The van der Waals surface area contributed by atoms with Gasteiger partial charge in [-0.2, -0.15) is 4.31 Å². The predicted octanol–water partition coefficient (Wildman–Crippen LogP) is 3.17. The highest BCUT2D eigenvalue weighted by Gasteiger charge is 2.29. The first kappa shape index (κ1) is 18.8. The molecule has 0 N–H and O–H groups in total. The maximum atomic E-state index is 12.7. The number of rotatable bonds is 5. The summed E-state index contributed by atoms with van der Waals surface area (Å²) in [6.45, 7) is 1.02. The number of nitro groups is 1. The van der Waals surface area contributed by atoms with Gasteiger partial charge in [-0.25, -0.2) is 8.42 Å². The summed E-state index contributed by atoms with van der Waals surface area (Å²) in [7, 11) is -3.83. The van der Waals surface area contributed by atoms with Gasteiger partial charge in [-0.05, 0) is 40.2 Å². The Bertz CT molecular complexity index is 928. The minimum Gasteiger partial charge on any atom is -0.449 e. The van der Waals surface area contributed by atoms with Gasteiger partial charge >= 0.3 is 5.69 Å². The minimum absolute atomic E-state index is 0.0390. The average Bonchev–Trinajstić information content (AvgIpc) is 2.64. The Hall–Kier alpha value is -2.01. The lowest BCUT2D eigenvalue weighted by molar-refractivity contribution is -0.385. The lowest BCUT2D eigenvalue weighted by atomic mass is 10.3. The molecule has 8 nitrogen and oxygen atoms in total. The molecule has 26 heavy (non-hydrogen) atoms. The van der Waals surface area contributed by atoms with E-state index in [1.165, 1.54) is 16.4 Å². The molecular formula is C16H15BrN2O6S. The maximum Gasteiger partial charge on any atom is 0.312 e. The van der Waals surface area contributed by atoms with E-state index in [0.717, 1.165) is 6.07 Å². The van der Waals surface area contributed by atoms with E-state index in [0.29, 0.717) is 23.4 Å². The smallest absolute Gasteiger partial charge is 0.312 e. The molecule has 1 saturated heterocycles. The monoisotopic (exact) mass is 442 g/mol. The van der Waals surface area contributed by atoms with Gasteiger partial charge in [-0.1, -0.05) is 12.1 Å². The molecule has 0 saturated carbocycles. The number of hydrogen-bond acceptors (Lipinski definition) is 6. The molecule has 0 bridgehead atoms. The van der Waals surface area contributed by atoms with Crippen LogP contribution in [0.4, 0.5) is 5.69 Å². The van der Waals surface area contributed by atoms with Gasteiger partial charge in [0.15, 0.2) is 0 Å². The fourth-order valence-corrected chi connectivity index (χ4v) is 4.26. The molecular weight excluding hydrogens is 428 g/mol. The number of sulfonamides is 1. The summed E-state index contributed by atoms with van der Waals surface area (Å²) >= 11 is 3.30. The molecule has 2 aromatic rings. The third-order valence-corrected chi connectivity index (χ3v) is 6.34. The second kappa shape index (κ2) is 7.70. The quantitative estimate of drug-likeness (QED) is 0.520. The van der Waals surface area contributed by atoms with Crippen molar-refractivity contribution in [3.05, 3.63) is 57.1 Å². The Morgan fingerprint density at radius 2 is 1.81 bits per heavy atom. The SMILES string of the molecule is O=[N+]([O-])c1cc(S(=O)(=O)N2CCOCC2)ccc1Oc1ccccc1Br. The van der Waals surface area contributed by atoms with Crippen molar-refractivity contribution in [3.63, 3.8) is 0 Å². The van der Waals surface area contributed by atoms with Crippen LogP contribution in [0.2, 0.25) is 0 Å². The number of ether oxygens (including phenoxy) is 2. The van der Waals surface area contributed by atoms with E-state index in [-0.39, 0.29) is 23.7 Å². The first-order valence-electron chi connectivity index (χ1n) is 7.68. The second-order valence-corrected chi connectivity index (χ2v) is 8.23. The standard InChI is InChI=1S/C16H15BrN2O6S/c17-13-3-1-2-4-15(13)25-16-6-5-12(11-14(16)19(20)21)26(22,23)18-7-9-24-10-8-18/h1-6,11H,7-10H2. The van der Waals surface area contributed by atoms with E-state index in [2.05, 4.69) is 15.9 Å². The molecule has 1 heterocycles. The van der Waals surface area contributed by atoms with Crippen LogP contribution in [0.5, 0.6) is 11.5 Å². The van der Waals surface area contributed by atoms with Crippen molar-refractivity contribution < 1.29 is 22.8 Å². The van der Waals surface area contributed by atoms with E-state index in [1.54, 1.807) is 24.3 Å². The Morgan fingerprint density at radius 1 is 1.12 bits per heavy atom. The topological polar surface area (TPSA) is 99.0 Å². The zero-order valence-electron chi connectivity index (χ0n) is 13.5. The Kier molecular flexibility index (Phi) is 5.56. The van der Waals surface area contributed by atoms with Crippen molar-refractivity contribution in [2.45, 2.75) is 4.90 Å². The van der Waals surface area contributed by atoms with Gasteiger partial charge in [0.2, 0.25) is 15.8 Å². The van der Waals surface area contributed by atoms with Crippen molar-refractivity contribution in [2.75, 3.05) is 26.3 Å². The minimum atomic E-state index is -3.83. The molecule has 0 aromatic heterocycles. The normalized spacial score (nSPS) is 15.6. The van der Waals surface area contributed by atoms with Gasteiger partial charge in [0.25, 0.3) is 0 Å². The molecule has 0 spiro atoms. The van der Waals surface area contributed by atoms with Gasteiger partial charge in [-0.15, -0.1) is 0 Å². The molecule has 0 atom stereocenters. The van der Waals surface area contributed by atoms with Crippen LogP contribution in [-0.4, -0.2) is 43.9 Å². The number of halogens is 1. The predicted molar refractivity (Wildman–Crippen MR) is 96.9 cm³/mol. The largest absolute Gasteiger partial charge is 0.449 e. The Morgan fingerprint density at radius 3 is 2.46 bits per heavy atom. The fraction of sp³-hybridized carbons (Fsp3) is 0.250. The van der Waals surface area contributed by atoms with Crippen molar-refractivity contribution in [2.24, 2.45) is 0 Å². The van der Waals surface area contributed by atoms with Crippen LogP contribution in [0.3, 0.4) is 0 Å². The zero-order valence-corrected chi connectivity index (χ0v) is 15.9. The van der Waals surface area contributed by atoms with Crippen molar-refractivity contribution in [1.82, 2.24) is 4.31 Å². The third-order valence-electron chi connectivity index (χ3n) is 3.79. The number of morpholine rings is 1. The van der Waals surface area contributed by atoms with Gasteiger partial charge in [0.05, 0.1) is 27.5 Å². The second-order valence-electron chi connectivity index (χ2n) is 5.44. The molecule has 0 aliphatic carbocycles. The number of nitro benzene ring substituents is 1. The molecule has 10 heteroatoms. The van der Waals surface area contributed by atoms with Gasteiger partial charge < -0.3 is 9.47 Å². The average molecular weight is 443 g/mol. The number of benzene rings is 2. The molecule has 0 unspecified atom stereocenters. The highest BCUT2D eigenvalue weighted by Crippen LogP contribution is 2.36. The van der Waals surface area contributed by atoms with Crippen molar-refractivity contribution >= 4 is 31.6 Å². The van der Waals surface area contributed by atoms with Crippen LogP contribution in [0.25, 0.3) is 0 Å². The lowest BCUT2D eigenvalue weighted by Gasteiger charge is -2.26. The van der Waals surface area contributed by atoms with Crippen LogP contribution in [0, 0.1) is 10.1 Å². The molecule has 1 aliphatic rings. The summed E-state index contributed by atoms with van der Waals surface area (Å²) in [5, 5.41) is 11.4. The summed E-state index contributed by atoms with van der Waals surface area (Å²) in [5.74, 6) is 0.349. The summed E-state index contributed by atoms with van der Waals surface area (Å²) in [5.41, 5.74) is -0.421. The van der Waals surface area contributed by atoms with E-state index < -0.39 is 20.6 Å². The maximum absolute atomic E-state index is 12.7. The first-order valence-corrected chi connectivity index (χ1v) is 9.91. The van der Waals surface area contributed by atoms with Crippen LogP contribution >= 0.6 is 15.9 Å². The van der Waals surface area contributed by atoms with Crippen LogP contribution in [0.15, 0.2) is 51.8 Å². The highest BCUT2D eigenvalue weighted by molar-refractivity contribution is 9.10. The summed E-state index contributed by atoms with van der Waals surface area (Å²) in [6, 6.07) is 10.5. The number of para-hydroxylation sites is 1. The van der Waals surface area contributed by atoms with Gasteiger partial charge in [0.1, 0.15) is 5.75 Å². The van der Waals surface area contributed by atoms with E-state index in [4.69, 9.17) is 9.47 Å². The van der Waals surface area contributed by atoms with Crippen LogP contribution < -0.4 is 4.74 Å². The summed E-state index contributed by atoms with van der Waals surface area (Å²) < 4.78 is 38.0. The molecule has 0 amide bonds. The summed E-state index contributed by atoms with van der Waals surface area (Å²) in [6.07, 6.45) is 0. The summed E-state index contributed by atoms with van der Waals surface area (Å²) in [4.78, 5) is 10.6. The molecule has 0 radical (unpaired) electrons. The molecule has 2 aromatic carbocycles. The molecule has 3 rings (SSSR count). The molecule has 138 valence electrons. The number of hydrogen-bond donors (Lipinski definition) is 0. The van der Waals surface area contributed by atoms with Crippen molar-refractivity contribution in [1.29, 1.82) is 0 Å². The lowest BCUT2D eigenvalue weighted by Crippen LogP contribution is -2.40. The highest BCUT2D eigenvalue weighted by atomic mass is 79.9. The Balaban J connectivity index is 1.97.